The minimum atomic E-state index is 0.0882. The van der Waals surface area contributed by atoms with Gasteiger partial charge in [0.1, 0.15) is 0 Å². The largest absolute Gasteiger partial charge is 0.314 e. The van der Waals surface area contributed by atoms with Crippen molar-refractivity contribution in [2.75, 3.05) is 26.2 Å². The van der Waals surface area contributed by atoms with E-state index in [1.54, 1.807) is 0 Å². The van der Waals surface area contributed by atoms with Crippen LogP contribution >= 0.6 is 12.6 Å². The van der Waals surface area contributed by atoms with Gasteiger partial charge in [0, 0.05) is 32.7 Å². The summed E-state index contributed by atoms with van der Waals surface area (Å²) in [5.41, 5.74) is 3.99. The molecule has 0 radical (unpaired) electrons. The van der Waals surface area contributed by atoms with Gasteiger partial charge in [0.25, 0.3) is 0 Å². The molecule has 0 aliphatic carbocycles. The smallest absolute Gasteiger partial charge is 0.0525 e. The van der Waals surface area contributed by atoms with Gasteiger partial charge in [0.2, 0.25) is 0 Å². The summed E-state index contributed by atoms with van der Waals surface area (Å²) >= 11 is 5.04. The van der Waals surface area contributed by atoms with Crippen LogP contribution in [0.1, 0.15) is 21.9 Å². The summed E-state index contributed by atoms with van der Waals surface area (Å²) in [5.74, 6) is 0. The van der Waals surface area contributed by atoms with E-state index < -0.39 is 0 Å². The van der Waals surface area contributed by atoms with E-state index in [1.807, 2.05) is 0 Å². The van der Waals surface area contributed by atoms with E-state index in [0.29, 0.717) is 0 Å². The van der Waals surface area contributed by atoms with Crippen molar-refractivity contribution in [1.29, 1.82) is 0 Å². The molecule has 0 spiro atoms. The average Bonchev–Trinajstić information content (AvgIpc) is 2.68. The van der Waals surface area contributed by atoms with Crippen LogP contribution in [0.4, 0.5) is 0 Å². The zero-order chi connectivity index (χ0) is 17.1. The van der Waals surface area contributed by atoms with Crippen molar-refractivity contribution in [3.8, 4) is 0 Å². The first-order chi connectivity index (χ1) is 12.3. The van der Waals surface area contributed by atoms with Crippen LogP contribution in [0.2, 0.25) is 0 Å². The topological polar surface area (TPSA) is 15.3 Å². The molecule has 1 N–H and O–H groups in total. The van der Waals surface area contributed by atoms with Crippen LogP contribution in [-0.2, 0) is 6.54 Å². The first-order valence-corrected chi connectivity index (χ1v) is 9.51. The molecule has 1 unspecified atom stereocenters. The molecule has 25 heavy (non-hydrogen) atoms. The predicted octanol–water partition coefficient (Wildman–Crippen LogP) is 4.26. The predicted molar refractivity (Wildman–Crippen MR) is 109 cm³/mol. The third-order valence-electron chi connectivity index (χ3n) is 5.07. The lowest BCUT2D eigenvalue weighted by Gasteiger charge is -2.28. The molecule has 0 amide bonds. The van der Waals surface area contributed by atoms with E-state index in [-0.39, 0.29) is 5.25 Å². The van der Waals surface area contributed by atoms with Crippen LogP contribution in [0, 0.1) is 0 Å². The normalized spacial score (nSPS) is 16.8. The summed E-state index contributed by atoms with van der Waals surface area (Å²) in [6.45, 7) is 5.38. The standard InChI is InChI=1S/C22H24N2S/c25-22(21-11-5-8-17-6-1-3-9-19(17)21)20-10-4-2-7-18(20)16-24-14-12-23-13-15-24/h1-11,22-23,25H,12-16H2. The molecule has 128 valence electrons. The lowest BCUT2D eigenvalue weighted by Crippen LogP contribution is -2.43. The highest BCUT2D eigenvalue weighted by atomic mass is 32.1. The van der Waals surface area contributed by atoms with Crippen LogP contribution in [0.15, 0.2) is 66.7 Å². The molecule has 4 rings (SSSR count). The molecule has 0 bridgehead atoms. The molecule has 3 aromatic rings. The number of nitrogens with zero attached hydrogens (tertiary/aromatic N) is 1. The van der Waals surface area contributed by atoms with Crippen LogP contribution in [0.3, 0.4) is 0 Å². The van der Waals surface area contributed by atoms with Gasteiger partial charge < -0.3 is 5.32 Å². The third-order valence-corrected chi connectivity index (χ3v) is 5.63. The van der Waals surface area contributed by atoms with Gasteiger partial charge in [-0.2, -0.15) is 12.6 Å². The van der Waals surface area contributed by atoms with Gasteiger partial charge in [-0.25, -0.2) is 0 Å². The second kappa shape index (κ2) is 7.61. The van der Waals surface area contributed by atoms with E-state index in [4.69, 9.17) is 12.6 Å². The summed E-state index contributed by atoms with van der Waals surface area (Å²) in [5, 5.41) is 6.09. The number of hydrogen-bond acceptors (Lipinski definition) is 3. The minimum Gasteiger partial charge on any atom is -0.314 e. The molecule has 3 heteroatoms. The lowest BCUT2D eigenvalue weighted by atomic mass is 9.95. The lowest BCUT2D eigenvalue weighted by molar-refractivity contribution is 0.232. The molecule has 1 aliphatic rings. The fourth-order valence-corrected chi connectivity index (χ4v) is 4.19. The Kier molecular flexibility index (Phi) is 5.07. The Morgan fingerprint density at radius 1 is 0.840 bits per heavy atom. The number of fused-ring (bicyclic) bond motifs is 1. The van der Waals surface area contributed by atoms with Crippen molar-refractivity contribution in [1.82, 2.24) is 10.2 Å². The highest BCUT2D eigenvalue weighted by molar-refractivity contribution is 7.80. The highest BCUT2D eigenvalue weighted by Gasteiger charge is 2.18. The molecule has 1 atom stereocenters. The molecule has 3 aromatic carbocycles. The van der Waals surface area contributed by atoms with Gasteiger partial charge in [0.15, 0.2) is 0 Å². The van der Waals surface area contributed by atoms with Gasteiger partial charge >= 0.3 is 0 Å². The number of benzene rings is 3. The Bertz CT molecular complexity index is 850. The van der Waals surface area contributed by atoms with E-state index in [1.165, 1.54) is 27.5 Å². The summed E-state index contributed by atoms with van der Waals surface area (Å²) in [4.78, 5) is 2.53. The highest BCUT2D eigenvalue weighted by Crippen LogP contribution is 2.35. The monoisotopic (exact) mass is 348 g/mol. The van der Waals surface area contributed by atoms with Crippen LogP contribution in [-0.4, -0.2) is 31.1 Å². The fraction of sp³-hybridized carbons (Fsp3) is 0.273. The summed E-state index contributed by atoms with van der Waals surface area (Å²) < 4.78 is 0. The van der Waals surface area contributed by atoms with Crippen LogP contribution in [0.25, 0.3) is 10.8 Å². The molecule has 2 nitrogen and oxygen atoms in total. The van der Waals surface area contributed by atoms with Crippen molar-refractivity contribution in [2.24, 2.45) is 0 Å². The van der Waals surface area contributed by atoms with Crippen molar-refractivity contribution >= 4 is 23.4 Å². The summed E-state index contributed by atoms with van der Waals surface area (Å²) in [6.07, 6.45) is 0. The Balaban J connectivity index is 1.69. The third kappa shape index (κ3) is 3.59. The van der Waals surface area contributed by atoms with Crippen molar-refractivity contribution in [3.05, 3.63) is 83.4 Å². The van der Waals surface area contributed by atoms with E-state index >= 15 is 0 Å². The summed E-state index contributed by atoms with van der Waals surface area (Å²) in [6, 6.07) is 23.9. The molecular formula is C22H24N2S. The van der Waals surface area contributed by atoms with Crippen LogP contribution < -0.4 is 5.32 Å². The molecular weight excluding hydrogens is 324 g/mol. The minimum absolute atomic E-state index is 0.0882. The maximum absolute atomic E-state index is 5.04. The maximum atomic E-state index is 5.04. The summed E-state index contributed by atoms with van der Waals surface area (Å²) in [7, 11) is 0. The molecule has 0 saturated carbocycles. The second-order valence-electron chi connectivity index (χ2n) is 6.70. The molecule has 1 saturated heterocycles. The quantitative estimate of drug-likeness (QED) is 0.685. The Hall–Kier alpha value is -1.81. The first-order valence-electron chi connectivity index (χ1n) is 8.99. The number of rotatable bonds is 4. The zero-order valence-electron chi connectivity index (χ0n) is 14.4. The Morgan fingerprint density at radius 3 is 2.40 bits per heavy atom. The Morgan fingerprint density at radius 2 is 1.52 bits per heavy atom. The second-order valence-corrected chi connectivity index (χ2v) is 7.21. The van der Waals surface area contributed by atoms with Gasteiger partial charge in [0.05, 0.1) is 5.25 Å². The van der Waals surface area contributed by atoms with Crippen molar-refractivity contribution < 1.29 is 0 Å². The van der Waals surface area contributed by atoms with Gasteiger partial charge in [-0.3, -0.25) is 4.90 Å². The zero-order valence-corrected chi connectivity index (χ0v) is 15.3. The number of piperazine rings is 1. The van der Waals surface area contributed by atoms with Gasteiger partial charge in [-0.05, 0) is 27.5 Å². The fourth-order valence-electron chi connectivity index (χ4n) is 3.71. The van der Waals surface area contributed by atoms with Crippen molar-refractivity contribution in [3.63, 3.8) is 0 Å². The Labute approximate surface area is 155 Å². The number of thiol groups is 1. The molecule has 1 heterocycles. The van der Waals surface area contributed by atoms with E-state index in [9.17, 15) is 0 Å². The van der Waals surface area contributed by atoms with Crippen molar-refractivity contribution in [2.45, 2.75) is 11.8 Å². The first kappa shape index (κ1) is 16.6. The van der Waals surface area contributed by atoms with Crippen LogP contribution in [0.5, 0.6) is 0 Å². The SMILES string of the molecule is SC(c1ccccc1CN1CCNCC1)c1cccc2ccccc12. The number of nitrogens with one attached hydrogen (secondary N) is 1. The molecule has 0 aromatic heterocycles. The number of hydrogen-bond donors (Lipinski definition) is 2. The van der Waals surface area contributed by atoms with Gasteiger partial charge in [-0.1, -0.05) is 66.7 Å². The van der Waals surface area contributed by atoms with Gasteiger partial charge in [-0.15, -0.1) is 0 Å². The maximum Gasteiger partial charge on any atom is 0.0525 e. The molecule has 1 fully saturated rings. The van der Waals surface area contributed by atoms with E-state index in [0.717, 1.165) is 32.7 Å². The van der Waals surface area contributed by atoms with E-state index in [2.05, 4.69) is 76.9 Å². The molecule has 1 aliphatic heterocycles. The average molecular weight is 349 g/mol.